The van der Waals surface area contributed by atoms with E-state index in [0.29, 0.717) is 5.56 Å². The Bertz CT molecular complexity index is 1080. The largest absolute Gasteiger partial charge is 0.449 e. The van der Waals surface area contributed by atoms with E-state index < -0.39 is 12.1 Å². The van der Waals surface area contributed by atoms with Gasteiger partial charge >= 0.3 is 5.97 Å². The van der Waals surface area contributed by atoms with Crippen LogP contribution in [0.5, 0.6) is 0 Å². The molecule has 5 heteroatoms. The first-order valence-electron chi connectivity index (χ1n) is 9.41. The van der Waals surface area contributed by atoms with Gasteiger partial charge in [-0.1, -0.05) is 42.5 Å². The molecule has 4 aromatic rings. The Morgan fingerprint density at radius 1 is 0.931 bits per heavy atom. The number of pyridine rings is 1. The van der Waals surface area contributed by atoms with Crippen molar-refractivity contribution in [2.45, 2.75) is 20.0 Å². The van der Waals surface area contributed by atoms with Gasteiger partial charge in [-0.05, 0) is 49.2 Å². The zero-order chi connectivity index (χ0) is 20.2. The van der Waals surface area contributed by atoms with Crippen molar-refractivity contribution in [1.82, 2.24) is 14.8 Å². The van der Waals surface area contributed by atoms with Gasteiger partial charge in [0.2, 0.25) is 0 Å². The topological polar surface area (TPSA) is 57.0 Å². The summed E-state index contributed by atoms with van der Waals surface area (Å²) < 4.78 is 7.70. The molecule has 144 valence electrons. The number of esters is 1. The van der Waals surface area contributed by atoms with Crippen molar-refractivity contribution in [3.63, 3.8) is 0 Å². The smallest absolute Gasteiger partial charge is 0.342 e. The van der Waals surface area contributed by atoms with Crippen LogP contribution in [0, 0.1) is 13.8 Å². The van der Waals surface area contributed by atoms with Crippen LogP contribution in [-0.2, 0) is 4.74 Å². The highest BCUT2D eigenvalue weighted by Gasteiger charge is 2.23. The quantitative estimate of drug-likeness (QED) is 0.463. The minimum Gasteiger partial charge on any atom is -0.449 e. The van der Waals surface area contributed by atoms with E-state index in [0.717, 1.165) is 28.1 Å². The number of ether oxygens (including phenoxy) is 1. The van der Waals surface area contributed by atoms with Crippen LogP contribution in [0.3, 0.4) is 0 Å². The molecular formula is C24H21N3O2. The van der Waals surface area contributed by atoms with E-state index in [-0.39, 0.29) is 0 Å². The van der Waals surface area contributed by atoms with E-state index in [4.69, 9.17) is 4.74 Å². The molecule has 0 aliphatic carbocycles. The fraction of sp³-hybridized carbons (Fsp3) is 0.125. The van der Waals surface area contributed by atoms with Gasteiger partial charge in [-0.25, -0.2) is 9.48 Å². The van der Waals surface area contributed by atoms with E-state index in [1.807, 2.05) is 80.6 Å². The highest BCUT2D eigenvalue weighted by molar-refractivity contribution is 5.90. The summed E-state index contributed by atoms with van der Waals surface area (Å²) in [5.41, 5.74) is 4.99. The summed E-state index contributed by atoms with van der Waals surface area (Å²) in [6, 6.07) is 21.4. The van der Waals surface area contributed by atoms with Crippen molar-refractivity contribution in [2.24, 2.45) is 0 Å². The maximum Gasteiger partial charge on any atom is 0.342 e. The zero-order valence-electron chi connectivity index (χ0n) is 16.3. The lowest BCUT2D eigenvalue weighted by molar-refractivity contribution is 0.0377. The number of benzene rings is 2. The maximum atomic E-state index is 13.0. The molecule has 0 bridgehead atoms. The number of rotatable bonds is 5. The minimum atomic E-state index is -0.520. The number of carbonyl (C=O) groups excluding carboxylic acids is 1. The molecule has 1 unspecified atom stereocenters. The Labute approximate surface area is 169 Å². The van der Waals surface area contributed by atoms with E-state index >= 15 is 0 Å². The Morgan fingerprint density at radius 2 is 1.66 bits per heavy atom. The maximum absolute atomic E-state index is 13.0. The number of hydrogen-bond acceptors (Lipinski definition) is 4. The summed E-state index contributed by atoms with van der Waals surface area (Å²) in [5.74, 6) is -0.410. The number of aromatic nitrogens is 3. The molecule has 0 saturated carbocycles. The zero-order valence-corrected chi connectivity index (χ0v) is 16.3. The molecule has 0 fully saturated rings. The second-order valence-corrected chi connectivity index (χ2v) is 6.87. The summed E-state index contributed by atoms with van der Waals surface area (Å²) in [7, 11) is 0. The monoisotopic (exact) mass is 383 g/mol. The SMILES string of the molecule is Cc1cccc(-n2ncc(C(=O)OC(c3ccccc3)c3ccncc3)c2C)c1. The molecule has 2 aromatic heterocycles. The predicted molar refractivity (Wildman–Crippen MR) is 111 cm³/mol. The first-order chi connectivity index (χ1) is 14.1. The second kappa shape index (κ2) is 8.10. The van der Waals surface area contributed by atoms with Gasteiger partial charge in [-0.3, -0.25) is 4.98 Å². The van der Waals surface area contributed by atoms with Crippen LogP contribution in [-0.4, -0.2) is 20.7 Å². The van der Waals surface area contributed by atoms with E-state index in [9.17, 15) is 4.79 Å². The third kappa shape index (κ3) is 3.94. The Balaban J connectivity index is 1.65. The number of aryl methyl sites for hydroxylation is 1. The molecule has 0 spiro atoms. The third-order valence-corrected chi connectivity index (χ3v) is 4.81. The van der Waals surface area contributed by atoms with Crippen molar-refractivity contribution in [2.75, 3.05) is 0 Å². The molecular weight excluding hydrogens is 362 g/mol. The van der Waals surface area contributed by atoms with Crippen LogP contribution in [0.1, 0.15) is 38.8 Å². The number of hydrogen-bond donors (Lipinski definition) is 0. The van der Waals surface area contributed by atoms with Gasteiger partial charge < -0.3 is 4.74 Å². The van der Waals surface area contributed by atoms with Crippen LogP contribution in [0.4, 0.5) is 0 Å². The summed E-state index contributed by atoms with van der Waals surface area (Å²) in [6.45, 7) is 3.90. The number of carbonyl (C=O) groups is 1. The molecule has 0 N–H and O–H groups in total. The van der Waals surface area contributed by atoms with E-state index in [2.05, 4.69) is 10.1 Å². The summed E-state index contributed by atoms with van der Waals surface area (Å²) in [6.07, 6.45) is 4.43. The Hall–Kier alpha value is -3.73. The van der Waals surface area contributed by atoms with Crippen molar-refractivity contribution in [3.8, 4) is 5.69 Å². The molecule has 0 amide bonds. The molecule has 4 rings (SSSR count). The van der Waals surface area contributed by atoms with E-state index in [1.54, 1.807) is 23.3 Å². The van der Waals surface area contributed by atoms with Crippen LogP contribution in [0.2, 0.25) is 0 Å². The van der Waals surface area contributed by atoms with Crippen molar-refractivity contribution < 1.29 is 9.53 Å². The Morgan fingerprint density at radius 3 is 2.38 bits per heavy atom. The fourth-order valence-electron chi connectivity index (χ4n) is 3.30. The van der Waals surface area contributed by atoms with Crippen LogP contribution in [0.25, 0.3) is 5.69 Å². The molecule has 0 aliphatic rings. The first-order valence-corrected chi connectivity index (χ1v) is 9.41. The lowest BCUT2D eigenvalue weighted by Crippen LogP contribution is -2.14. The third-order valence-electron chi connectivity index (χ3n) is 4.81. The molecule has 2 aromatic carbocycles. The molecule has 0 aliphatic heterocycles. The minimum absolute atomic E-state index is 0.410. The lowest BCUT2D eigenvalue weighted by atomic mass is 10.0. The normalized spacial score (nSPS) is 11.8. The van der Waals surface area contributed by atoms with Gasteiger partial charge in [0.25, 0.3) is 0 Å². The predicted octanol–water partition coefficient (Wildman–Crippen LogP) is 4.83. The molecule has 29 heavy (non-hydrogen) atoms. The Kier molecular flexibility index (Phi) is 5.20. The van der Waals surface area contributed by atoms with Crippen molar-refractivity contribution >= 4 is 5.97 Å². The highest BCUT2D eigenvalue weighted by Crippen LogP contribution is 2.27. The average molecular weight is 383 g/mol. The van der Waals surface area contributed by atoms with Crippen LogP contribution >= 0.6 is 0 Å². The van der Waals surface area contributed by atoms with Gasteiger partial charge in [0.15, 0.2) is 6.10 Å². The van der Waals surface area contributed by atoms with Gasteiger partial charge in [-0.2, -0.15) is 5.10 Å². The summed E-state index contributed by atoms with van der Waals surface area (Å²) in [5, 5.41) is 4.41. The molecule has 0 radical (unpaired) electrons. The first kappa shape index (κ1) is 18.6. The summed E-state index contributed by atoms with van der Waals surface area (Å²) in [4.78, 5) is 17.1. The van der Waals surface area contributed by atoms with Gasteiger partial charge in [0, 0.05) is 18.0 Å². The molecule has 2 heterocycles. The molecule has 1 atom stereocenters. The number of nitrogens with zero attached hydrogens (tertiary/aromatic N) is 3. The van der Waals surface area contributed by atoms with Gasteiger partial charge in [-0.15, -0.1) is 0 Å². The second-order valence-electron chi connectivity index (χ2n) is 6.87. The fourth-order valence-corrected chi connectivity index (χ4v) is 3.30. The van der Waals surface area contributed by atoms with Crippen LogP contribution in [0.15, 0.2) is 85.3 Å². The van der Waals surface area contributed by atoms with Gasteiger partial charge in [0.05, 0.1) is 17.6 Å². The average Bonchev–Trinajstić information content (AvgIpc) is 3.14. The lowest BCUT2D eigenvalue weighted by Gasteiger charge is -2.18. The molecule has 0 saturated heterocycles. The highest BCUT2D eigenvalue weighted by atomic mass is 16.5. The summed E-state index contributed by atoms with van der Waals surface area (Å²) >= 11 is 0. The van der Waals surface area contributed by atoms with Crippen molar-refractivity contribution in [1.29, 1.82) is 0 Å². The standard InChI is InChI=1S/C24H21N3O2/c1-17-7-6-10-21(15-17)27-18(2)22(16-26-27)24(28)29-23(19-8-4-3-5-9-19)20-11-13-25-14-12-20/h3-16,23H,1-2H3. The van der Waals surface area contributed by atoms with Gasteiger partial charge in [0.1, 0.15) is 5.56 Å². The van der Waals surface area contributed by atoms with E-state index in [1.165, 1.54) is 0 Å². The van der Waals surface area contributed by atoms with Crippen LogP contribution < -0.4 is 0 Å². The molecule has 5 nitrogen and oxygen atoms in total. The van der Waals surface area contributed by atoms with Crippen molar-refractivity contribution in [3.05, 3.63) is 113 Å².